The van der Waals surface area contributed by atoms with Crippen molar-refractivity contribution in [1.29, 1.82) is 0 Å². The smallest absolute Gasteiger partial charge is 0.339 e. The third kappa shape index (κ3) is 5.32. The van der Waals surface area contributed by atoms with Crippen molar-refractivity contribution < 1.29 is 26.6 Å². The second kappa shape index (κ2) is 9.21. The molecule has 0 aliphatic carbocycles. The summed E-state index contributed by atoms with van der Waals surface area (Å²) < 4.78 is 43.1. The Morgan fingerprint density at radius 3 is 2.21 bits per heavy atom. The first-order chi connectivity index (χ1) is 15.7. The minimum atomic E-state index is -3.97. The Morgan fingerprint density at radius 1 is 0.939 bits per heavy atom. The first-order valence-corrected chi connectivity index (χ1v) is 12.0. The van der Waals surface area contributed by atoms with E-state index in [1.807, 2.05) is 6.92 Å². The Hall–Kier alpha value is -3.43. The van der Waals surface area contributed by atoms with E-state index in [1.54, 1.807) is 30.3 Å². The molecule has 0 saturated carbocycles. The summed E-state index contributed by atoms with van der Waals surface area (Å²) in [5.74, 6) is -0.722. The predicted molar refractivity (Wildman–Crippen MR) is 123 cm³/mol. The molecule has 6 nitrogen and oxygen atoms in total. The van der Waals surface area contributed by atoms with Gasteiger partial charge in [-0.3, -0.25) is 14.5 Å². The zero-order chi connectivity index (χ0) is 23.6. The first kappa shape index (κ1) is 22.8. The van der Waals surface area contributed by atoms with E-state index in [1.165, 1.54) is 48.5 Å². The summed E-state index contributed by atoms with van der Waals surface area (Å²) >= 11 is 0.809. The molecule has 0 aromatic heterocycles. The van der Waals surface area contributed by atoms with Crippen molar-refractivity contribution >= 4 is 39.1 Å². The molecular formula is C24H18FNO5S2. The molecule has 0 unspecified atom stereocenters. The lowest BCUT2D eigenvalue weighted by Crippen LogP contribution is -2.27. The lowest BCUT2D eigenvalue weighted by atomic mass is 10.2. The Labute approximate surface area is 194 Å². The van der Waals surface area contributed by atoms with Crippen LogP contribution in [-0.2, 0) is 21.5 Å². The van der Waals surface area contributed by atoms with Crippen molar-refractivity contribution in [3.05, 3.63) is 100 Å². The minimum Gasteiger partial charge on any atom is -0.379 e. The number of halogens is 1. The molecule has 3 aromatic rings. The second-order valence-electron chi connectivity index (χ2n) is 7.31. The number of carbonyl (C=O) groups is 2. The van der Waals surface area contributed by atoms with Crippen LogP contribution >= 0.6 is 11.8 Å². The van der Waals surface area contributed by atoms with Gasteiger partial charge in [0.2, 0.25) is 0 Å². The van der Waals surface area contributed by atoms with Gasteiger partial charge in [0.15, 0.2) is 0 Å². The third-order valence-corrected chi connectivity index (χ3v) is 6.99. The number of hydrogen-bond acceptors (Lipinski definition) is 6. The normalized spacial score (nSPS) is 15.3. The molecule has 1 fully saturated rings. The average molecular weight is 484 g/mol. The topological polar surface area (TPSA) is 80.8 Å². The monoisotopic (exact) mass is 483 g/mol. The molecule has 0 radical (unpaired) electrons. The Kier molecular flexibility index (Phi) is 6.35. The highest BCUT2D eigenvalue weighted by atomic mass is 32.2. The van der Waals surface area contributed by atoms with Gasteiger partial charge in [0.1, 0.15) is 16.5 Å². The van der Waals surface area contributed by atoms with Crippen LogP contribution in [0.4, 0.5) is 9.18 Å². The molecule has 2 amide bonds. The molecule has 1 saturated heterocycles. The number of aryl methyl sites for hydroxylation is 1. The molecule has 9 heteroatoms. The molecule has 0 bridgehead atoms. The molecule has 168 valence electrons. The van der Waals surface area contributed by atoms with Gasteiger partial charge in [-0.25, -0.2) is 4.39 Å². The van der Waals surface area contributed by atoms with Crippen molar-refractivity contribution in [2.24, 2.45) is 0 Å². The first-order valence-electron chi connectivity index (χ1n) is 9.82. The second-order valence-corrected chi connectivity index (χ2v) is 9.85. The summed E-state index contributed by atoms with van der Waals surface area (Å²) in [4.78, 5) is 26.3. The Bertz CT molecular complexity index is 1330. The van der Waals surface area contributed by atoms with E-state index in [0.29, 0.717) is 11.1 Å². The van der Waals surface area contributed by atoms with E-state index in [9.17, 15) is 22.4 Å². The number of imide groups is 1. The number of carbonyl (C=O) groups excluding carboxylic acids is 2. The van der Waals surface area contributed by atoms with E-state index >= 15 is 0 Å². The quantitative estimate of drug-likeness (QED) is 0.357. The van der Waals surface area contributed by atoms with E-state index in [-0.39, 0.29) is 22.1 Å². The minimum absolute atomic E-state index is 0.0476. The maximum absolute atomic E-state index is 13.1. The molecule has 0 N–H and O–H groups in total. The standard InChI is InChI=1S/C24H18FNO5S2/c1-16-2-12-21(13-3-16)33(29,30)31-20-10-6-17(7-11-20)14-22-23(27)26(24(28)32-22)15-18-4-8-19(25)9-5-18/h2-14H,15H2,1H3/b22-14-. The number of rotatable bonds is 6. The van der Waals surface area contributed by atoms with Gasteiger partial charge in [-0.2, -0.15) is 8.42 Å². The summed E-state index contributed by atoms with van der Waals surface area (Å²) in [6.07, 6.45) is 1.55. The van der Waals surface area contributed by atoms with Crippen molar-refractivity contribution in [2.45, 2.75) is 18.4 Å². The molecule has 4 rings (SSSR count). The van der Waals surface area contributed by atoms with Crippen LogP contribution < -0.4 is 4.18 Å². The van der Waals surface area contributed by atoms with Gasteiger partial charge in [0.05, 0.1) is 11.4 Å². The van der Waals surface area contributed by atoms with Crippen LogP contribution in [0.25, 0.3) is 6.08 Å². The largest absolute Gasteiger partial charge is 0.379 e. The van der Waals surface area contributed by atoms with Crippen LogP contribution in [0.2, 0.25) is 0 Å². The molecule has 1 aliphatic heterocycles. The van der Waals surface area contributed by atoms with Gasteiger partial charge in [-0.15, -0.1) is 0 Å². The summed E-state index contributed by atoms with van der Waals surface area (Å²) in [6, 6.07) is 18.0. The van der Waals surface area contributed by atoms with Crippen molar-refractivity contribution in [3.63, 3.8) is 0 Å². The van der Waals surface area contributed by atoms with Gasteiger partial charge in [-0.05, 0) is 72.3 Å². The lowest BCUT2D eigenvalue weighted by molar-refractivity contribution is -0.123. The number of nitrogens with zero attached hydrogens (tertiary/aromatic N) is 1. The van der Waals surface area contributed by atoms with Crippen LogP contribution in [0.5, 0.6) is 5.75 Å². The van der Waals surface area contributed by atoms with Gasteiger partial charge in [0.25, 0.3) is 11.1 Å². The fourth-order valence-electron chi connectivity index (χ4n) is 3.06. The number of thioether (sulfide) groups is 1. The molecule has 3 aromatic carbocycles. The zero-order valence-electron chi connectivity index (χ0n) is 17.4. The molecule has 0 spiro atoms. The number of amides is 2. The zero-order valence-corrected chi connectivity index (χ0v) is 19.0. The summed E-state index contributed by atoms with van der Waals surface area (Å²) in [7, 11) is -3.97. The van der Waals surface area contributed by atoms with Gasteiger partial charge < -0.3 is 4.18 Å². The van der Waals surface area contributed by atoms with E-state index < -0.39 is 27.1 Å². The lowest BCUT2D eigenvalue weighted by Gasteiger charge is -2.12. The number of hydrogen-bond donors (Lipinski definition) is 0. The van der Waals surface area contributed by atoms with E-state index in [4.69, 9.17) is 4.18 Å². The highest BCUT2D eigenvalue weighted by Crippen LogP contribution is 2.33. The third-order valence-electron chi connectivity index (χ3n) is 4.82. The Morgan fingerprint density at radius 2 is 1.58 bits per heavy atom. The average Bonchev–Trinajstić information content (AvgIpc) is 3.04. The highest BCUT2D eigenvalue weighted by molar-refractivity contribution is 8.18. The summed E-state index contributed by atoms with van der Waals surface area (Å²) in [5.41, 5.74) is 2.17. The van der Waals surface area contributed by atoms with E-state index in [2.05, 4.69) is 0 Å². The van der Waals surface area contributed by atoms with Gasteiger partial charge in [0, 0.05) is 0 Å². The number of benzene rings is 3. The van der Waals surface area contributed by atoms with Gasteiger partial charge in [-0.1, -0.05) is 42.0 Å². The molecular weight excluding hydrogens is 465 g/mol. The van der Waals surface area contributed by atoms with Crippen LogP contribution in [-0.4, -0.2) is 24.5 Å². The molecule has 0 atom stereocenters. The fraction of sp³-hybridized carbons (Fsp3) is 0.0833. The fourth-order valence-corrected chi connectivity index (χ4v) is 4.83. The summed E-state index contributed by atoms with van der Waals surface area (Å²) in [5, 5.41) is -0.417. The van der Waals surface area contributed by atoms with Crippen LogP contribution in [0.1, 0.15) is 16.7 Å². The summed E-state index contributed by atoms with van der Waals surface area (Å²) in [6.45, 7) is 1.90. The SMILES string of the molecule is Cc1ccc(S(=O)(=O)Oc2ccc(/C=C3\SC(=O)N(Cc4ccc(F)cc4)C3=O)cc2)cc1. The van der Waals surface area contributed by atoms with Crippen LogP contribution in [0, 0.1) is 12.7 Å². The maximum atomic E-state index is 13.1. The molecule has 33 heavy (non-hydrogen) atoms. The van der Waals surface area contributed by atoms with Crippen molar-refractivity contribution in [3.8, 4) is 5.75 Å². The van der Waals surface area contributed by atoms with Crippen LogP contribution in [0.3, 0.4) is 0 Å². The molecule has 1 heterocycles. The highest BCUT2D eigenvalue weighted by Gasteiger charge is 2.35. The molecule has 1 aliphatic rings. The van der Waals surface area contributed by atoms with Gasteiger partial charge >= 0.3 is 10.1 Å². The predicted octanol–water partition coefficient (Wildman–Crippen LogP) is 5.14. The van der Waals surface area contributed by atoms with Crippen molar-refractivity contribution in [2.75, 3.05) is 0 Å². The Balaban J connectivity index is 1.46. The maximum Gasteiger partial charge on any atom is 0.339 e. The van der Waals surface area contributed by atoms with Crippen LogP contribution in [0.15, 0.2) is 82.6 Å². The van der Waals surface area contributed by atoms with Crippen molar-refractivity contribution in [1.82, 2.24) is 4.90 Å². The van der Waals surface area contributed by atoms with E-state index in [0.717, 1.165) is 22.2 Å².